The van der Waals surface area contributed by atoms with E-state index in [0.717, 1.165) is 30.7 Å². The molecule has 3 aromatic rings. The highest BCUT2D eigenvalue weighted by Gasteiger charge is 2.27. The van der Waals surface area contributed by atoms with Crippen molar-refractivity contribution in [3.63, 3.8) is 0 Å². The highest BCUT2D eigenvalue weighted by atomic mass is 79.9. The Morgan fingerprint density at radius 1 is 1.10 bits per heavy atom. The molecular weight excluding hydrogens is 336 g/mol. The lowest BCUT2D eigenvalue weighted by atomic mass is 10.1. The summed E-state index contributed by atoms with van der Waals surface area (Å²) in [5, 5.41) is 1.03. The minimum atomic E-state index is -0.932. The molecule has 1 heterocycles. The molecular formula is C16H14BrO2S+. The van der Waals surface area contributed by atoms with Crippen molar-refractivity contribution in [2.75, 3.05) is 7.11 Å². The molecule has 0 saturated heterocycles. The van der Waals surface area contributed by atoms with Gasteiger partial charge in [-0.05, 0) is 47.1 Å². The molecule has 1 aromatic heterocycles. The van der Waals surface area contributed by atoms with E-state index in [2.05, 4.69) is 35.0 Å². The first-order chi connectivity index (χ1) is 9.61. The number of hydrogen-bond acceptors (Lipinski definition) is 2. The smallest absolute Gasteiger partial charge is 0.232 e. The number of thiophene rings is 1. The Bertz CT molecular complexity index is 775. The van der Waals surface area contributed by atoms with E-state index in [9.17, 15) is 4.55 Å². The monoisotopic (exact) mass is 349 g/mol. The van der Waals surface area contributed by atoms with Gasteiger partial charge in [-0.25, -0.2) is 0 Å². The van der Waals surface area contributed by atoms with Crippen molar-refractivity contribution in [1.29, 1.82) is 0 Å². The van der Waals surface area contributed by atoms with Gasteiger partial charge in [0, 0.05) is 11.6 Å². The van der Waals surface area contributed by atoms with Crippen LogP contribution in [0.2, 0.25) is 0 Å². The predicted octanol–water partition coefficient (Wildman–Crippen LogP) is 5.47. The molecule has 0 amide bonds. The van der Waals surface area contributed by atoms with Crippen molar-refractivity contribution in [3.8, 4) is 16.2 Å². The van der Waals surface area contributed by atoms with Crippen LogP contribution in [0.4, 0.5) is 0 Å². The fourth-order valence-corrected chi connectivity index (χ4v) is 4.86. The summed E-state index contributed by atoms with van der Waals surface area (Å²) in [6, 6.07) is 14.0. The van der Waals surface area contributed by atoms with Crippen LogP contribution < -0.4 is 4.74 Å². The van der Waals surface area contributed by atoms with Crippen molar-refractivity contribution in [2.45, 2.75) is 6.92 Å². The van der Waals surface area contributed by atoms with Gasteiger partial charge in [-0.1, -0.05) is 17.7 Å². The van der Waals surface area contributed by atoms with Gasteiger partial charge in [0.2, 0.25) is 9.58 Å². The Morgan fingerprint density at radius 3 is 2.45 bits per heavy atom. The summed E-state index contributed by atoms with van der Waals surface area (Å²) in [6.07, 6.45) is 0. The molecule has 0 spiro atoms. The van der Waals surface area contributed by atoms with E-state index in [-0.39, 0.29) is 0 Å². The third-order valence-corrected chi connectivity index (χ3v) is 6.01. The highest BCUT2D eigenvalue weighted by Crippen LogP contribution is 2.48. The van der Waals surface area contributed by atoms with Gasteiger partial charge in [0.25, 0.3) is 0 Å². The van der Waals surface area contributed by atoms with Gasteiger partial charge in [-0.3, -0.25) is 0 Å². The summed E-state index contributed by atoms with van der Waals surface area (Å²) in [7, 11) is 0.702. The van der Waals surface area contributed by atoms with E-state index in [1.807, 2.05) is 30.3 Å². The molecule has 0 saturated carbocycles. The molecule has 0 bridgehead atoms. The highest BCUT2D eigenvalue weighted by molar-refractivity contribution is 9.10. The number of methoxy groups -OCH3 is 1. The van der Waals surface area contributed by atoms with Crippen LogP contribution in [0.5, 0.6) is 5.75 Å². The first-order valence-electron chi connectivity index (χ1n) is 6.20. The molecule has 2 nitrogen and oxygen atoms in total. The Balaban J connectivity index is 2.28. The van der Waals surface area contributed by atoms with Crippen LogP contribution in [0.3, 0.4) is 0 Å². The fraction of sp³-hybridized carbons (Fsp3) is 0.125. The molecule has 1 atom stereocenters. The molecule has 2 aromatic carbocycles. The van der Waals surface area contributed by atoms with E-state index in [4.69, 9.17) is 4.74 Å². The largest absolute Gasteiger partial charge is 0.497 e. The molecule has 1 unspecified atom stereocenters. The van der Waals surface area contributed by atoms with E-state index in [1.54, 1.807) is 7.11 Å². The van der Waals surface area contributed by atoms with Crippen molar-refractivity contribution >= 4 is 36.8 Å². The zero-order chi connectivity index (χ0) is 14.3. The van der Waals surface area contributed by atoms with Crippen LogP contribution in [0.25, 0.3) is 20.5 Å². The number of rotatable bonds is 2. The van der Waals surface area contributed by atoms with Gasteiger partial charge < -0.3 is 4.74 Å². The van der Waals surface area contributed by atoms with Crippen LogP contribution in [0.1, 0.15) is 5.56 Å². The quantitative estimate of drug-likeness (QED) is 0.621. The standard InChI is InChI=1S/C16H14BrO2S/c1-10-3-5-11(6-4-10)16-15(17)13-8-7-12(19-2)9-14(13)20(16)18/h3-9,18H,1-2H3/q+1. The van der Waals surface area contributed by atoms with Crippen LogP contribution >= 0.6 is 26.7 Å². The number of hydrogen-bond donors (Lipinski definition) is 1. The van der Waals surface area contributed by atoms with E-state index >= 15 is 0 Å². The number of ether oxygens (including phenoxy) is 1. The fourth-order valence-electron chi connectivity index (χ4n) is 2.23. The average Bonchev–Trinajstić information content (AvgIpc) is 2.72. The molecule has 102 valence electrons. The topological polar surface area (TPSA) is 29.5 Å². The first kappa shape index (κ1) is 13.6. The lowest BCUT2D eigenvalue weighted by molar-refractivity contribution is 0.415. The number of fused-ring (bicyclic) bond motifs is 1. The van der Waals surface area contributed by atoms with Crippen LogP contribution in [-0.2, 0) is 0 Å². The van der Waals surface area contributed by atoms with Gasteiger partial charge in [0.15, 0.2) is 10.8 Å². The minimum absolute atomic E-state index is 0.765. The Kier molecular flexibility index (Phi) is 3.54. The van der Waals surface area contributed by atoms with Crippen LogP contribution in [0.15, 0.2) is 46.9 Å². The summed E-state index contributed by atoms with van der Waals surface area (Å²) in [5.41, 5.74) is 2.25. The van der Waals surface area contributed by atoms with Crippen LogP contribution in [-0.4, -0.2) is 11.7 Å². The maximum atomic E-state index is 10.6. The summed E-state index contributed by atoms with van der Waals surface area (Å²) < 4.78 is 17.7. The van der Waals surface area contributed by atoms with E-state index in [0.29, 0.717) is 0 Å². The molecule has 0 aliphatic heterocycles. The third kappa shape index (κ3) is 2.14. The van der Waals surface area contributed by atoms with E-state index in [1.165, 1.54) is 5.56 Å². The van der Waals surface area contributed by atoms with Crippen molar-refractivity contribution in [1.82, 2.24) is 0 Å². The van der Waals surface area contributed by atoms with Gasteiger partial charge in [0.05, 0.1) is 17.0 Å². The Morgan fingerprint density at radius 2 is 1.80 bits per heavy atom. The zero-order valence-electron chi connectivity index (χ0n) is 11.2. The zero-order valence-corrected chi connectivity index (χ0v) is 13.6. The third-order valence-electron chi connectivity index (χ3n) is 3.34. The normalized spacial score (nSPS) is 11.9. The number of halogens is 1. The molecule has 4 heteroatoms. The van der Waals surface area contributed by atoms with Gasteiger partial charge >= 0.3 is 0 Å². The van der Waals surface area contributed by atoms with Gasteiger partial charge in [-0.2, -0.15) is 4.55 Å². The van der Waals surface area contributed by atoms with Crippen LogP contribution in [0, 0.1) is 6.92 Å². The SMILES string of the molecule is COc1ccc2c(Br)c(-c3ccc(C)cc3)[s+](O)c2c1. The molecule has 0 aliphatic rings. The minimum Gasteiger partial charge on any atom is -0.497 e. The molecule has 0 aliphatic carbocycles. The van der Waals surface area contributed by atoms with Gasteiger partial charge in [-0.15, -0.1) is 0 Å². The summed E-state index contributed by atoms with van der Waals surface area (Å²) in [4.78, 5) is 0.938. The maximum absolute atomic E-state index is 10.6. The van der Waals surface area contributed by atoms with Crippen molar-refractivity contribution in [2.24, 2.45) is 0 Å². The predicted molar refractivity (Wildman–Crippen MR) is 88.2 cm³/mol. The second kappa shape index (κ2) is 5.20. The summed E-state index contributed by atoms with van der Waals surface area (Å²) >= 11 is 3.63. The lowest BCUT2D eigenvalue weighted by Crippen LogP contribution is -1.80. The van der Waals surface area contributed by atoms with Gasteiger partial charge in [0.1, 0.15) is 5.75 Å². The average molecular weight is 350 g/mol. The Labute approximate surface area is 128 Å². The van der Waals surface area contributed by atoms with E-state index < -0.39 is 10.8 Å². The Hall–Kier alpha value is -1.36. The molecule has 20 heavy (non-hydrogen) atoms. The first-order valence-corrected chi connectivity index (χ1v) is 8.18. The second-order valence-corrected chi connectivity index (χ2v) is 6.87. The summed E-state index contributed by atoms with van der Waals surface area (Å²) in [5.74, 6) is 0.765. The second-order valence-electron chi connectivity index (χ2n) is 4.66. The molecule has 1 N–H and O–H groups in total. The van der Waals surface area contributed by atoms with Crippen molar-refractivity contribution in [3.05, 3.63) is 52.5 Å². The van der Waals surface area contributed by atoms with Crippen molar-refractivity contribution < 1.29 is 9.29 Å². The molecule has 3 rings (SSSR count). The lowest BCUT2D eigenvalue weighted by Gasteiger charge is -1.95. The molecule has 0 radical (unpaired) electrons. The number of aryl methyl sites for hydroxylation is 1. The maximum Gasteiger partial charge on any atom is 0.232 e. The molecule has 0 fully saturated rings. The summed E-state index contributed by atoms with van der Waals surface area (Å²) in [6.45, 7) is 2.06. The number of benzene rings is 2.